The third-order valence-corrected chi connectivity index (χ3v) is 3.29. The van der Waals surface area contributed by atoms with Crippen LogP contribution < -0.4 is 5.43 Å². The fourth-order valence-corrected chi connectivity index (χ4v) is 2.22. The molecule has 22 heavy (non-hydrogen) atoms. The molecule has 1 heterocycles. The highest BCUT2D eigenvalue weighted by Gasteiger charge is 2.05. The minimum absolute atomic E-state index is 0.155. The van der Waals surface area contributed by atoms with Gasteiger partial charge in [-0.25, -0.2) is 9.82 Å². The van der Waals surface area contributed by atoms with Gasteiger partial charge in [0, 0.05) is 17.3 Å². The predicted molar refractivity (Wildman–Crippen MR) is 84.1 cm³/mol. The second-order valence-corrected chi connectivity index (χ2v) is 4.82. The number of carbonyl (C=O) groups excluding carboxylic acids is 1. The number of hydrogen-bond donors (Lipinski definition) is 1. The first kappa shape index (κ1) is 14.0. The van der Waals surface area contributed by atoms with Crippen LogP contribution in [0.1, 0.15) is 5.56 Å². The molecule has 0 aliphatic rings. The molecule has 4 nitrogen and oxygen atoms in total. The predicted octanol–water partition coefficient (Wildman–Crippen LogP) is 2.93. The number of benzene rings is 2. The van der Waals surface area contributed by atoms with Crippen molar-refractivity contribution in [2.75, 3.05) is 0 Å². The maximum atomic E-state index is 13.4. The minimum atomic E-state index is -0.378. The maximum absolute atomic E-state index is 13.4. The van der Waals surface area contributed by atoms with E-state index in [1.165, 1.54) is 12.3 Å². The van der Waals surface area contributed by atoms with Gasteiger partial charge in [0.05, 0.1) is 6.21 Å². The molecule has 1 amide bonds. The molecule has 110 valence electrons. The number of fused-ring (bicyclic) bond motifs is 1. The van der Waals surface area contributed by atoms with Crippen molar-refractivity contribution in [1.29, 1.82) is 0 Å². The van der Waals surface area contributed by atoms with E-state index < -0.39 is 0 Å². The Kier molecular flexibility index (Phi) is 3.96. The highest BCUT2D eigenvalue weighted by Crippen LogP contribution is 2.14. The van der Waals surface area contributed by atoms with Crippen molar-refractivity contribution < 1.29 is 9.18 Å². The molecule has 0 bridgehead atoms. The van der Waals surface area contributed by atoms with Crippen LogP contribution in [-0.2, 0) is 11.3 Å². The van der Waals surface area contributed by atoms with E-state index >= 15 is 0 Å². The van der Waals surface area contributed by atoms with E-state index in [4.69, 9.17) is 0 Å². The number of aromatic nitrogens is 1. The number of halogens is 1. The Morgan fingerprint density at radius 3 is 2.77 bits per heavy atom. The van der Waals surface area contributed by atoms with E-state index in [-0.39, 0.29) is 18.3 Å². The third-order valence-electron chi connectivity index (χ3n) is 3.29. The van der Waals surface area contributed by atoms with Crippen LogP contribution in [0.3, 0.4) is 0 Å². The molecule has 0 fully saturated rings. The minimum Gasteiger partial charge on any atom is -0.338 e. The summed E-state index contributed by atoms with van der Waals surface area (Å²) in [7, 11) is 0. The van der Waals surface area contributed by atoms with Crippen molar-refractivity contribution in [1.82, 2.24) is 9.99 Å². The molecule has 0 atom stereocenters. The van der Waals surface area contributed by atoms with Gasteiger partial charge in [-0.3, -0.25) is 4.79 Å². The number of hydrogen-bond acceptors (Lipinski definition) is 2. The van der Waals surface area contributed by atoms with Crippen molar-refractivity contribution in [3.05, 3.63) is 72.2 Å². The zero-order valence-corrected chi connectivity index (χ0v) is 11.7. The SMILES string of the molecule is O=C(Cn1ccc2ccccc21)N/N=C/c1ccccc1F. The smallest absolute Gasteiger partial charge is 0.259 e. The van der Waals surface area contributed by atoms with Crippen LogP contribution in [0.2, 0.25) is 0 Å². The number of nitrogens with one attached hydrogen (secondary N) is 1. The standard InChI is InChI=1S/C17H14FN3O/c18-15-7-3-1-6-14(15)11-19-20-17(22)12-21-10-9-13-5-2-4-8-16(13)21/h1-11H,12H2,(H,20,22)/b19-11+. The number of para-hydroxylation sites is 1. The molecule has 0 saturated heterocycles. The quantitative estimate of drug-likeness (QED) is 0.584. The second-order valence-electron chi connectivity index (χ2n) is 4.82. The molecule has 0 unspecified atom stereocenters. The number of amides is 1. The Morgan fingerprint density at radius 1 is 1.14 bits per heavy atom. The largest absolute Gasteiger partial charge is 0.338 e. The van der Waals surface area contributed by atoms with E-state index in [1.807, 2.05) is 41.1 Å². The number of nitrogens with zero attached hydrogens (tertiary/aromatic N) is 2. The molecule has 5 heteroatoms. The molecular weight excluding hydrogens is 281 g/mol. The Bertz CT molecular complexity index is 839. The number of hydrazone groups is 1. The van der Waals surface area contributed by atoms with Crippen LogP contribution in [-0.4, -0.2) is 16.7 Å². The lowest BCUT2D eigenvalue weighted by atomic mass is 10.2. The zero-order chi connectivity index (χ0) is 15.4. The average molecular weight is 295 g/mol. The summed E-state index contributed by atoms with van der Waals surface area (Å²) in [4.78, 5) is 11.9. The first-order valence-corrected chi connectivity index (χ1v) is 6.84. The first-order chi connectivity index (χ1) is 10.7. The summed E-state index contributed by atoms with van der Waals surface area (Å²) in [5.74, 6) is -0.647. The Balaban J connectivity index is 1.65. The Hall–Kier alpha value is -2.95. The van der Waals surface area contributed by atoms with E-state index in [9.17, 15) is 9.18 Å². The molecule has 1 aromatic heterocycles. The topological polar surface area (TPSA) is 46.4 Å². The van der Waals surface area contributed by atoms with Gasteiger partial charge >= 0.3 is 0 Å². The van der Waals surface area contributed by atoms with Crippen molar-refractivity contribution in [2.24, 2.45) is 5.10 Å². The van der Waals surface area contributed by atoms with Crippen molar-refractivity contribution >= 4 is 23.0 Å². The summed E-state index contributed by atoms with van der Waals surface area (Å²) in [5, 5.41) is 4.86. The van der Waals surface area contributed by atoms with E-state index in [0.717, 1.165) is 10.9 Å². The highest BCUT2D eigenvalue weighted by molar-refractivity contribution is 5.84. The maximum Gasteiger partial charge on any atom is 0.259 e. The summed E-state index contributed by atoms with van der Waals surface area (Å²) >= 11 is 0. The van der Waals surface area contributed by atoms with Gasteiger partial charge in [-0.05, 0) is 23.6 Å². The normalized spacial score (nSPS) is 11.1. The van der Waals surface area contributed by atoms with Gasteiger partial charge in [0.2, 0.25) is 0 Å². The molecule has 0 saturated carbocycles. The van der Waals surface area contributed by atoms with Crippen LogP contribution in [0.4, 0.5) is 4.39 Å². The summed E-state index contributed by atoms with van der Waals surface area (Å²) in [5.41, 5.74) is 3.71. The van der Waals surface area contributed by atoms with Crippen molar-refractivity contribution in [3.63, 3.8) is 0 Å². The Morgan fingerprint density at radius 2 is 1.91 bits per heavy atom. The monoisotopic (exact) mass is 295 g/mol. The van der Waals surface area contributed by atoms with Gasteiger partial charge in [-0.1, -0.05) is 36.4 Å². The van der Waals surface area contributed by atoms with Gasteiger partial charge in [-0.15, -0.1) is 0 Å². The van der Waals surface area contributed by atoms with Gasteiger partial charge in [-0.2, -0.15) is 5.10 Å². The average Bonchev–Trinajstić information content (AvgIpc) is 2.92. The van der Waals surface area contributed by atoms with E-state index in [0.29, 0.717) is 5.56 Å². The third kappa shape index (κ3) is 3.03. The van der Waals surface area contributed by atoms with Crippen LogP contribution in [0.15, 0.2) is 65.9 Å². The Labute approximate surface area is 126 Å². The fraction of sp³-hybridized carbons (Fsp3) is 0.0588. The summed E-state index contributed by atoms with van der Waals surface area (Å²) in [6, 6.07) is 16.0. The molecule has 3 rings (SSSR count). The summed E-state index contributed by atoms with van der Waals surface area (Å²) in [6.45, 7) is 0.155. The lowest BCUT2D eigenvalue weighted by molar-refractivity contribution is -0.121. The van der Waals surface area contributed by atoms with Gasteiger partial charge in [0.25, 0.3) is 5.91 Å². The first-order valence-electron chi connectivity index (χ1n) is 6.84. The fourth-order valence-electron chi connectivity index (χ4n) is 2.22. The molecular formula is C17H14FN3O. The lowest BCUT2D eigenvalue weighted by Crippen LogP contribution is -2.22. The molecule has 2 aromatic carbocycles. The van der Waals surface area contributed by atoms with E-state index in [1.54, 1.807) is 18.2 Å². The summed E-state index contributed by atoms with van der Waals surface area (Å²) < 4.78 is 15.2. The van der Waals surface area contributed by atoms with Gasteiger partial charge in [0.1, 0.15) is 12.4 Å². The zero-order valence-electron chi connectivity index (χ0n) is 11.7. The van der Waals surface area contributed by atoms with Crippen molar-refractivity contribution in [3.8, 4) is 0 Å². The van der Waals surface area contributed by atoms with Crippen LogP contribution in [0.25, 0.3) is 10.9 Å². The molecule has 0 spiro atoms. The van der Waals surface area contributed by atoms with Crippen LogP contribution in [0, 0.1) is 5.82 Å². The van der Waals surface area contributed by atoms with Gasteiger partial charge in [0.15, 0.2) is 0 Å². The number of carbonyl (C=O) groups is 1. The second kappa shape index (κ2) is 6.22. The van der Waals surface area contributed by atoms with Crippen LogP contribution in [0.5, 0.6) is 0 Å². The molecule has 3 aromatic rings. The lowest BCUT2D eigenvalue weighted by Gasteiger charge is -2.04. The molecule has 0 aliphatic carbocycles. The van der Waals surface area contributed by atoms with Gasteiger partial charge < -0.3 is 4.57 Å². The molecule has 0 radical (unpaired) electrons. The van der Waals surface area contributed by atoms with Crippen LogP contribution >= 0.6 is 0 Å². The van der Waals surface area contributed by atoms with E-state index in [2.05, 4.69) is 10.5 Å². The van der Waals surface area contributed by atoms with Crippen molar-refractivity contribution in [2.45, 2.75) is 6.54 Å². The highest BCUT2D eigenvalue weighted by atomic mass is 19.1. The number of rotatable bonds is 4. The molecule has 1 N–H and O–H groups in total. The summed E-state index contributed by atoms with van der Waals surface area (Å²) in [6.07, 6.45) is 3.14. The molecule has 0 aliphatic heterocycles.